The highest BCUT2D eigenvalue weighted by Gasteiger charge is 2.08. The van der Waals surface area contributed by atoms with Crippen molar-refractivity contribution in [2.45, 2.75) is 24.7 Å². The second-order valence-corrected chi connectivity index (χ2v) is 7.26. The van der Waals surface area contributed by atoms with Crippen molar-refractivity contribution in [2.75, 3.05) is 17.6 Å². The third kappa shape index (κ3) is 6.79. The Kier molecular flexibility index (Phi) is 7.43. The molecule has 0 unspecified atom stereocenters. The second kappa shape index (κ2) is 9.78. The Balaban J connectivity index is 1.83. The predicted octanol–water partition coefficient (Wildman–Crippen LogP) is 3.36. The van der Waals surface area contributed by atoms with Crippen LogP contribution in [-0.4, -0.2) is 35.2 Å². The van der Waals surface area contributed by atoms with Gasteiger partial charge in [-0.05, 0) is 47.9 Å². The maximum atomic E-state index is 12.1. The van der Waals surface area contributed by atoms with Gasteiger partial charge in [-0.25, -0.2) is 0 Å². The van der Waals surface area contributed by atoms with E-state index < -0.39 is 18.4 Å². The Labute approximate surface area is 162 Å². The maximum Gasteiger partial charge on any atom is 0.322 e. The SMILES string of the molecule is CC(C)c1ccc(SCC(=O)Nc2ccc(C(=O)NCC(=O)O)cc2)cc1. The van der Waals surface area contributed by atoms with Gasteiger partial charge >= 0.3 is 5.97 Å². The fraction of sp³-hybridized carbons (Fsp3) is 0.250. The molecule has 0 spiro atoms. The van der Waals surface area contributed by atoms with Gasteiger partial charge in [-0.2, -0.15) is 0 Å². The lowest BCUT2D eigenvalue weighted by molar-refractivity contribution is -0.135. The molecular weight excluding hydrogens is 364 g/mol. The molecule has 0 saturated carbocycles. The van der Waals surface area contributed by atoms with Crippen molar-refractivity contribution in [3.05, 3.63) is 59.7 Å². The summed E-state index contributed by atoms with van der Waals surface area (Å²) in [6, 6.07) is 14.4. The van der Waals surface area contributed by atoms with E-state index in [-0.39, 0.29) is 11.7 Å². The highest BCUT2D eigenvalue weighted by atomic mass is 32.2. The lowest BCUT2D eigenvalue weighted by Crippen LogP contribution is -2.29. The summed E-state index contributed by atoms with van der Waals surface area (Å²) in [5.41, 5.74) is 2.16. The zero-order chi connectivity index (χ0) is 19.8. The van der Waals surface area contributed by atoms with Crippen LogP contribution >= 0.6 is 11.8 Å². The number of thioether (sulfide) groups is 1. The standard InChI is InChI=1S/C20H22N2O4S/c1-13(2)14-5-9-17(10-6-14)27-12-18(23)22-16-7-3-15(4-8-16)20(26)21-11-19(24)25/h3-10,13H,11-12H2,1-2H3,(H,21,26)(H,22,23)(H,24,25). The van der Waals surface area contributed by atoms with E-state index in [0.717, 1.165) is 4.90 Å². The molecule has 0 aliphatic rings. The average Bonchev–Trinajstić information content (AvgIpc) is 2.65. The molecule has 0 atom stereocenters. The highest BCUT2D eigenvalue weighted by Crippen LogP contribution is 2.22. The summed E-state index contributed by atoms with van der Waals surface area (Å²) in [5.74, 6) is -0.973. The van der Waals surface area contributed by atoms with Crippen LogP contribution in [0.4, 0.5) is 5.69 Å². The normalized spacial score (nSPS) is 10.5. The second-order valence-electron chi connectivity index (χ2n) is 6.21. The van der Waals surface area contributed by atoms with Gasteiger partial charge in [0.05, 0.1) is 5.75 Å². The number of aliphatic carboxylic acids is 1. The third-order valence-corrected chi connectivity index (χ3v) is 4.76. The van der Waals surface area contributed by atoms with E-state index in [9.17, 15) is 14.4 Å². The van der Waals surface area contributed by atoms with Crippen LogP contribution in [-0.2, 0) is 9.59 Å². The first-order chi connectivity index (χ1) is 12.8. The van der Waals surface area contributed by atoms with Gasteiger partial charge in [0.25, 0.3) is 5.91 Å². The molecule has 0 aliphatic carbocycles. The molecule has 0 aliphatic heterocycles. The Bertz CT molecular complexity index is 802. The number of amides is 2. The summed E-state index contributed by atoms with van der Waals surface area (Å²) in [6.45, 7) is 3.83. The topological polar surface area (TPSA) is 95.5 Å². The van der Waals surface area contributed by atoms with Gasteiger partial charge in [0.2, 0.25) is 5.91 Å². The number of rotatable bonds is 8. The van der Waals surface area contributed by atoms with E-state index in [1.807, 2.05) is 12.1 Å². The number of nitrogens with one attached hydrogen (secondary N) is 2. The van der Waals surface area contributed by atoms with E-state index in [1.165, 1.54) is 29.5 Å². The predicted molar refractivity (Wildman–Crippen MR) is 106 cm³/mol. The summed E-state index contributed by atoms with van der Waals surface area (Å²) < 4.78 is 0. The van der Waals surface area contributed by atoms with Crippen LogP contribution in [0.1, 0.15) is 35.7 Å². The van der Waals surface area contributed by atoms with Gasteiger partial charge in [-0.3, -0.25) is 14.4 Å². The van der Waals surface area contributed by atoms with Gasteiger partial charge in [-0.15, -0.1) is 11.8 Å². The molecule has 0 heterocycles. The first-order valence-electron chi connectivity index (χ1n) is 8.48. The number of carboxylic acids is 1. The average molecular weight is 386 g/mol. The number of carbonyl (C=O) groups excluding carboxylic acids is 2. The minimum Gasteiger partial charge on any atom is -0.480 e. The van der Waals surface area contributed by atoms with Gasteiger partial charge in [-0.1, -0.05) is 26.0 Å². The van der Waals surface area contributed by atoms with E-state index in [2.05, 4.69) is 36.6 Å². The number of hydrogen-bond acceptors (Lipinski definition) is 4. The van der Waals surface area contributed by atoms with E-state index in [1.54, 1.807) is 12.1 Å². The van der Waals surface area contributed by atoms with Crippen LogP contribution in [0.25, 0.3) is 0 Å². The smallest absolute Gasteiger partial charge is 0.322 e. The van der Waals surface area contributed by atoms with Crippen molar-refractivity contribution < 1.29 is 19.5 Å². The highest BCUT2D eigenvalue weighted by molar-refractivity contribution is 8.00. The monoisotopic (exact) mass is 386 g/mol. The number of hydrogen-bond donors (Lipinski definition) is 3. The Morgan fingerprint density at radius 2 is 1.63 bits per heavy atom. The number of carbonyl (C=O) groups is 3. The van der Waals surface area contributed by atoms with Crippen molar-refractivity contribution in [1.29, 1.82) is 0 Å². The van der Waals surface area contributed by atoms with E-state index >= 15 is 0 Å². The molecule has 2 aromatic rings. The fourth-order valence-electron chi connectivity index (χ4n) is 2.26. The largest absolute Gasteiger partial charge is 0.480 e. The van der Waals surface area contributed by atoms with Crippen molar-refractivity contribution in [2.24, 2.45) is 0 Å². The first kappa shape index (κ1) is 20.5. The van der Waals surface area contributed by atoms with Crippen LogP contribution in [0.15, 0.2) is 53.4 Å². The minimum atomic E-state index is -1.11. The summed E-state index contributed by atoms with van der Waals surface area (Å²) in [7, 11) is 0. The van der Waals surface area contributed by atoms with Crippen molar-refractivity contribution in [3.63, 3.8) is 0 Å². The lowest BCUT2D eigenvalue weighted by atomic mass is 10.0. The molecule has 2 aromatic carbocycles. The molecule has 0 radical (unpaired) electrons. The van der Waals surface area contributed by atoms with E-state index in [0.29, 0.717) is 17.2 Å². The zero-order valence-corrected chi connectivity index (χ0v) is 16.0. The Morgan fingerprint density at radius 1 is 1.00 bits per heavy atom. The molecule has 3 N–H and O–H groups in total. The number of anilines is 1. The number of benzene rings is 2. The molecule has 7 heteroatoms. The molecule has 27 heavy (non-hydrogen) atoms. The van der Waals surface area contributed by atoms with Crippen LogP contribution < -0.4 is 10.6 Å². The molecule has 0 aromatic heterocycles. The minimum absolute atomic E-state index is 0.143. The number of carboxylic acid groups (broad SMARTS) is 1. The van der Waals surface area contributed by atoms with Gasteiger partial charge in [0, 0.05) is 16.1 Å². The Hall–Kier alpha value is -2.80. The summed E-state index contributed by atoms with van der Waals surface area (Å²) >= 11 is 1.45. The molecule has 6 nitrogen and oxygen atoms in total. The van der Waals surface area contributed by atoms with Crippen LogP contribution in [0.2, 0.25) is 0 Å². The van der Waals surface area contributed by atoms with Gasteiger partial charge < -0.3 is 15.7 Å². The zero-order valence-electron chi connectivity index (χ0n) is 15.2. The van der Waals surface area contributed by atoms with Crippen LogP contribution in [0.3, 0.4) is 0 Å². The quantitative estimate of drug-likeness (QED) is 0.605. The summed E-state index contributed by atoms with van der Waals surface area (Å²) in [6.07, 6.45) is 0. The molecular formula is C20H22N2O4S. The van der Waals surface area contributed by atoms with Crippen LogP contribution in [0, 0.1) is 0 Å². The Morgan fingerprint density at radius 3 is 2.19 bits per heavy atom. The molecule has 0 fully saturated rings. The van der Waals surface area contributed by atoms with Crippen molar-refractivity contribution in [3.8, 4) is 0 Å². The van der Waals surface area contributed by atoms with Crippen molar-refractivity contribution >= 4 is 35.2 Å². The summed E-state index contributed by atoms with van der Waals surface area (Å²) in [4.78, 5) is 35.3. The molecule has 0 saturated heterocycles. The first-order valence-corrected chi connectivity index (χ1v) is 9.46. The lowest BCUT2D eigenvalue weighted by Gasteiger charge is -2.08. The van der Waals surface area contributed by atoms with Crippen molar-refractivity contribution in [1.82, 2.24) is 5.32 Å². The molecule has 2 amide bonds. The summed E-state index contributed by atoms with van der Waals surface area (Å²) in [5, 5.41) is 13.6. The third-order valence-electron chi connectivity index (χ3n) is 3.75. The van der Waals surface area contributed by atoms with E-state index in [4.69, 9.17) is 5.11 Å². The maximum absolute atomic E-state index is 12.1. The molecule has 142 valence electrons. The fourth-order valence-corrected chi connectivity index (χ4v) is 2.96. The van der Waals surface area contributed by atoms with Gasteiger partial charge in [0.1, 0.15) is 6.54 Å². The molecule has 2 rings (SSSR count). The van der Waals surface area contributed by atoms with Crippen LogP contribution in [0.5, 0.6) is 0 Å². The van der Waals surface area contributed by atoms with Gasteiger partial charge in [0.15, 0.2) is 0 Å². The molecule has 0 bridgehead atoms.